The largest absolute Gasteiger partial charge is 0.481 e. The topological polar surface area (TPSA) is 277 Å². The number of likely N-dealkylation sites (tertiary alicyclic amines) is 1. The number of imide groups is 1. The van der Waals surface area contributed by atoms with Crippen LogP contribution in [0.3, 0.4) is 0 Å². The van der Waals surface area contributed by atoms with Crippen LogP contribution in [-0.2, 0) is 54.3 Å². The number of nitrogens with one attached hydrogen (secondary N) is 3. The fourth-order valence-corrected chi connectivity index (χ4v) is 10.7. The number of methoxy groups -OCH3 is 2. The maximum Gasteiger partial charge on any atom is 0.307 e. The zero-order valence-corrected chi connectivity index (χ0v) is 47.2. The van der Waals surface area contributed by atoms with E-state index in [-0.39, 0.29) is 98.0 Å². The summed E-state index contributed by atoms with van der Waals surface area (Å²) in [7, 11) is 5.03. The molecule has 8 atom stereocenters. The minimum absolute atomic E-state index is 0.00969. The predicted molar refractivity (Wildman–Crippen MR) is 292 cm³/mol. The SMILES string of the molecule is CC[C@H](C)[C@H](CC(=O)[C@H]1CCCCN1C)C(=O)N(COC)[C@H](C[C@@H](OC)c1nc(C(=O)N[C@@H](C)C(=O)C[C@@H](Cc2ccc(NC(=O)[C@H](CCCCN)NC(=O)CCCCCN3C(=O)C=CC3=O)cc2)C(=O)O)cs1)C(C)C. The molecule has 2 aromatic rings. The first kappa shape index (κ1) is 63.8. The van der Waals surface area contributed by atoms with Gasteiger partial charge in [-0.1, -0.05) is 59.1 Å². The molecule has 6 N–H and O–H groups in total. The number of unbranched alkanes of at least 4 members (excludes halogenated alkanes) is 3. The summed E-state index contributed by atoms with van der Waals surface area (Å²) >= 11 is 1.20. The maximum absolute atomic E-state index is 14.6. The van der Waals surface area contributed by atoms with Crippen LogP contribution in [0.4, 0.5) is 5.69 Å². The molecule has 20 nitrogen and oxygen atoms in total. The molecule has 0 aliphatic carbocycles. The van der Waals surface area contributed by atoms with E-state index in [1.807, 2.05) is 34.7 Å². The van der Waals surface area contributed by atoms with Gasteiger partial charge in [-0.2, -0.15) is 0 Å². The molecule has 2 aliphatic rings. The number of hydrogen-bond donors (Lipinski definition) is 5. The van der Waals surface area contributed by atoms with Gasteiger partial charge in [0.25, 0.3) is 17.7 Å². The van der Waals surface area contributed by atoms with Crippen LogP contribution in [0.15, 0.2) is 41.8 Å². The number of piperidine rings is 1. The van der Waals surface area contributed by atoms with E-state index in [4.69, 9.17) is 15.2 Å². The Labute approximate surface area is 458 Å². The standard InChI is InChI=1S/C56H84N8O12S/c1-9-36(4)41(31-47(66)44-18-13-16-27-62(44)6)55(72)64(34-75-7)45(35(2)3)32-48(76-8)54-61-43(33-77-54)53(71)58-37(5)46(65)30-39(56(73)74)29-38-20-22-40(23-21-38)59-52(70)42(17-12-14-26-57)60-49(67)19-11-10-15-28-63-50(68)24-25-51(63)69/h20-25,33,35-37,39,41-42,44-45,48H,9-19,26-32,34,57H2,1-8H3,(H,58,71)(H,59,70)(H,60,67)(H,73,74)/t36-,37-,39+,41-,42-,44+,45+,48+/m0/s1. The van der Waals surface area contributed by atoms with E-state index < -0.39 is 53.6 Å². The number of amides is 6. The molecule has 4 rings (SSSR count). The molecule has 1 fully saturated rings. The second-order valence-corrected chi connectivity index (χ2v) is 21.8. The van der Waals surface area contributed by atoms with Gasteiger partial charge in [-0.3, -0.25) is 53.0 Å². The van der Waals surface area contributed by atoms with Gasteiger partial charge in [0.05, 0.1) is 18.0 Å². The van der Waals surface area contributed by atoms with Gasteiger partial charge in [0, 0.05) is 81.6 Å². The number of carbonyl (C=O) groups is 9. The molecule has 0 unspecified atom stereocenters. The monoisotopic (exact) mass is 1090 g/mol. The Kier molecular flexibility index (Phi) is 26.7. The number of likely N-dealkylation sites (N-methyl/N-ethyl adjacent to an activating group) is 1. The molecule has 21 heteroatoms. The number of thiazole rings is 1. The number of Topliss-reactive ketones (excluding diaryl/α,β-unsaturated/α-hetero) is 2. The average molecular weight is 1090 g/mol. The normalized spacial score (nSPS) is 17.5. The van der Waals surface area contributed by atoms with Crippen molar-refractivity contribution in [2.24, 2.45) is 29.4 Å². The Hall–Kier alpha value is -5.74. The van der Waals surface area contributed by atoms with Crippen LogP contribution in [0.2, 0.25) is 0 Å². The van der Waals surface area contributed by atoms with Gasteiger partial charge < -0.3 is 41.2 Å². The molecule has 1 aromatic carbocycles. The maximum atomic E-state index is 14.6. The number of rotatable bonds is 35. The highest BCUT2D eigenvalue weighted by Gasteiger charge is 2.39. The Morgan fingerprint density at radius 1 is 0.922 bits per heavy atom. The summed E-state index contributed by atoms with van der Waals surface area (Å²) in [6.07, 6.45) is 8.85. The Morgan fingerprint density at radius 2 is 1.62 bits per heavy atom. The molecule has 1 saturated heterocycles. The van der Waals surface area contributed by atoms with Gasteiger partial charge in [0.1, 0.15) is 29.6 Å². The number of nitrogens with zero attached hydrogens (tertiary/aromatic N) is 4. The smallest absolute Gasteiger partial charge is 0.307 e. The van der Waals surface area contributed by atoms with E-state index in [0.29, 0.717) is 67.7 Å². The highest BCUT2D eigenvalue weighted by Crippen LogP contribution is 2.33. The Balaban J connectivity index is 1.32. The number of carbonyl (C=O) groups excluding carboxylic acids is 8. The van der Waals surface area contributed by atoms with Crippen LogP contribution in [0.25, 0.3) is 0 Å². The molecule has 0 saturated carbocycles. The van der Waals surface area contributed by atoms with E-state index in [0.717, 1.165) is 37.1 Å². The molecule has 6 amide bonds. The second-order valence-electron chi connectivity index (χ2n) is 20.9. The van der Waals surface area contributed by atoms with Crippen molar-refractivity contribution in [1.82, 2.24) is 30.3 Å². The number of carboxylic acids is 1. The summed E-state index contributed by atoms with van der Waals surface area (Å²) in [5.74, 6) is -5.62. The molecular weight excluding hydrogens is 1010 g/mol. The molecule has 1 aromatic heterocycles. The molecule has 77 heavy (non-hydrogen) atoms. The van der Waals surface area contributed by atoms with E-state index >= 15 is 0 Å². The summed E-state index contributed by atoms with van der Waals surface area (Å²) < 4.78 is 11.6. The number of carboxylic acid groups (broad SMARTS) is 1. The van der Waals surface area contributed by atoms with Crippen molar-refractivity contribution in [3.05, 3.63) is 58.1 Å². The van der Waals surface area contributed by atoms with Crippen molar-refractivity contribution in [2.45, 2.75) is 161 Å². The number of ketones is 2. The van der Waals surface area contributed by atoms with Crippen LogP contribution in [-0.4, -0.2) is 150 Å². The second kappa shape index (κ2) is 32.2. The first-order valence-corrected chi connectivity index (χ1v) is 28.1. The third-order valence-corrected chi connectivity index (χ3v) is 15.8. The third-order valence-electron chi connectivity index (χ3n) is 14.8. The Bertz CT molecular complexity index is 2320. The highest BCUT2D eigenvalue weighted by molar-refractivity contribution is 7.09. The van der Waals surface area contributed by atoms with Crippen molar-refractivity contribution in [1.29, 1.82) is 0 Å². The molecular formula is C56H84N8O12S. The molecule has 426 valence electrons. The summed E-state index contributed by atoms with van der Waals surface area (Å²) in [6, 6.07) is 4.04. The Morgan fingerprint density at radius 3 is 2.23 bits per heavy atom. The quantitative estimate of drug-likeness (QED) is 0.0308. The van der Waals surface area contributed by atoms with E-state index in [2.05, 4.69) is 25.8 Å². The lowest BCUT2D eigenvalue weighted by atomic mass is 9.82. The van der Waals surface area contributed by atoms with Crippen LogP contribution in [0.1, 0.15) is 152 Å². The number of aliphatic carboxylic acids is 1. The zero-order chi connectivity index (χ0) is 56.8. The zero-order valence-electron chi connectivity index (χ0n) is 46.4. The van der Waals surface area contributed by atoms with Crippen molar-refractivity contribution in [3.63, 3.8) is 0 Å². The van der Waals surface area contributed by atoms with Gasteiger partial charge >= 0.3 is 5.97 Å². The van der Waals surface area contributed by atoms with E-state index in [1.54, 1.807) is 34.5 Å². The average Bonchev–Trinajstić information content (AvgIpc) is 4.02. The predicted octanol–water partition coefficient (Wildman–Crippen LogP) is 5.84. The number of nitrogens with two attached hydrogens (primary N) is 1. The minimum atomic E-state index is -1.20. The van der Waals surface area contributed by atoms with Crippen LogP contribution in [0.5, 0.6) is 0 Å². The number of ether oxygens (including phenoxy) is 2. The summed E-state index contributed by atoms with van der Waals surface area (Å²) in [5.41, 5.74) is 6.73. The summed E-state index contributed by atoms with van der Waals surface area (Å²) in [4.78, 5) is 127. The van der Waals surface area contributed by atoms with Crippen molar-refractivity contribution >= 4 is 70.0 Å². The van der Waals surface area contributed by atoms with Gasteiger partial charge in [-0.05, 0) is 108 Å². The number of benzene rings is 1. The summed E-state index contributed by atoms with van der Waals surface area (Å²) in [6.45, 7) is 11.1. The lowest BCUT2D eigenvalue weighted by Crippen LogP contribution is -2.50. The first-order chi connectivity index (χ1) is 36.7. The number of hydrogen-bond acceptors (Lipinski definition) is 15. The molecule has 0 radical (unpaired) electrons. The van der Waals surface area contributed by atoms with Crippen molar-refractivity contribution in [2.75, 3.05) is 52.9 Å². The van der Waals surface area contributed by atoms with E-state index in [9.17, 15) is 48.3 Å². The number of anilines is 1. The lowest BCUT2D eigenvalue weighted by Gasteiger charge is -2.39. The van der Waals surface area contributed by atoms with Crippen molar-refractivity contribution < 1.29 is 57.7 Å². The molecule has 3 heterocycles. The van der Waals surface area contributed by atoms with Gasteiger partial charge in [-0.25, -0.2) is 4.98 Å². The van der Waals surface area contributed by atoms with Crippen LogP contribution in [0, 0.1) is 23.7 Å². The highest BCUT2D eigenvalue weighted by atomic mass is 32.1. The molecule has 0 bridgehead atoms. The third kappa shape index (κ3) is 19.6. The fraction of sp³-hybridized carbons (Fsp3) is 0.643. The first-order valence-electron chi connectivity index (χ1n) is 27.2. The minimum Gasteiger partial charge on any atom is -0.481 e. The summed E-state index contributed by atoms with van der Waals surface area (Å²) in [5, 5.41) is 20.5. The van der Waals surface area contributed by atoms with Gasteiger partial charge in [0.15, 0.2) is 11.6 Å². The number of aromatic nitrogens is 1. The molecule has 0 spiro atoms. The van der Waals surface area contributed by atoms with Crippen LogP contribution >= 0.6 is 11.3 Å². The molecule has 2 aliphatic heterocycles. The van der Waals surface area contributed by atoms with Crippen molar-refractivity contribution in [3.8, 4) is 0 Å². The van der Waals surface area contributed by atoms with Gasteiger partial charge in [-0.15, -0.1) is 11.3 Å². The van der Waals surface area contributed by atoms with Gasteiger partial charge in [0.2, 0.25) is 17.7 Å². The van der Waals surface area contributed by atoms with Crippen LogP contribution < -0.4 is 21.7 Å². The fourth-order valence-electron chi connectivity index (χ4n) is 9.81. The van der Waals surface area contributed by atoms with E-state index in [1.165, 1.54) is 44.6 Å². The lowest BCUT2D eigenvalue weighted by molar-refractivity contribution is -0.150.